The van der Waals surface area contributed by atoms with E-state index in [2.05, 4.69) is 10.1 Å². The van der Waals surface area contributed by atoms with Crippen LogP contribution in [0.15, 0.2) is 72.8 Å². The molecule has 0 fully saturated rings. The maximum absolute atomic E-state index is 14.0. The van der Waals surface area contributed by atoms with Crippen LogP contribution < -0.4 is 10.1 Å². The van der Waals surface area contributed by atoms with Crippen molar-refractivity contribution < 1.29 is 26.7 Å². The lowest BCUT2D eigenvalue weighted by Gasteiger charge is -2.11. The molecule has 0 radical (unpaired) electrons. The third-order valence-corrected chi connectivity index (χ3v) is 4.87. The Hall–Kier alpha value is -3.35. The lowest BCUT2D eigenvalue weighted by molar-refractivity contribution is -0.274. The topological polar surface area (TPSA) is 21.3 Å². The molecule has 0 aliphatic carbocycles. The van der Waals surface area contributed by atoms with Crippen molar-refractivity contribution in [3.8, 4) is 16.9 Å². The second-order valence-corrected chi connectivity index (χ2v) is 6.86. The molecule has 1 aliphatic rings. The number of hydrogen-bond acceptors (Lipinski definition) is 2. The largest absolute Gasteiger partial charge is 0.573 e. The fourth-order valence-electron chi connectivity index (χ4n) is 3.45. The van der Waals surface area contributed by atoms with E-state index in [4.69, 9.17) is 0 Å². The predicted octanol–water partition coefficient (Wildman–Crippen LogP) is 6.26. The summed E-state index contributed by atoms with van der Waals surface area (Å²) in [7, 11) is 0. The molecule has 0 saturated heterocycles. The fourth-order valence-corrected chi connectivity index (χ4v) is 3.45. The Morgan fingerprint density at radius 1 is 0.800 bits per heavy atom. The lowest BCUT2D eigenvalue weighted by atomic mass is 9.96. The average Bonchev–Trinajstić information content (AvgIpc) is 3.17. The minimum atomic E-state index is -4.73. The van der Waals surface area contributed by atoms with E-state index in [9.17, 15) is 22.0 Å². The summed E-state index contributed by atoms with van der Waals surface area (Å²) in [5, 5.41) is 3.05. The van der Waals surface area contributed by atoms with E-state index in [1.165, 1.54) is 30.3 Å². The molecule has 0 bridgehead atoms. The van der Waals surface area contributed by atoms with Gasteiger partial charge in [0.15, 0.2) is 0 Å². The van der Waals surface area contributed by atoms with Gasteiger partial charge in [0, 0.05) is 18.2 Å². The van der Waals surface area contributed by atoms with Gasteiger partial charge in [-0.15, -0.1) is 13.2 Å². The Kier molecular flexibility index (Phi) is 5.20. The number of benzene rings is 3. The molecule has 1 atom stereocenters. The minimum absolute atomic E-state index is 0.0596. The zero-order chi connectivity index (χ0) is 21.3. The van der Waals surface area contributed by atoms with Gasteiger partial charge in [-0.25, -0.2) is 8.78 Å². The van der Waals surface area contributed by atoms with Crippen molar-refractivity contribution in [2.75, 3.05) is 6.54 Å². The van der Waals surface area contributed by atoms with E-state index >= 15 is 0 Å². The molecule has 30 heavy (non-hydrogen) atoms. The molecule has 2 nitrogen and oxygen atoms in total. The normalized spacial score (nSPS) is 16.2. The highest BCUT2D eigenvalue weighted by Gasteiger charge is 2.31. The number of alkyl halides is 3. The molecule has 4 rings (SSSR count). The Balaban J connectivity index is 1.51. The van der Waals surface area contributed by atoms with E-state index in [1.54, 1.807) is 18.2 Å². The van der Waals surface area contributed by atoms with Crippen LogP contribution in [0.3, 0.4) is 0 Å². The van der Waals surface area contributed by atoms with Gasteiger partial charge >= 0.3 is 6.36 Å². The van der Waals surface area contributed by atoms with Crippen LogP contribution in [-0.4, -0.2) is 12.9 Å². The van der Waals surface area contributed by atoms with Gasteiger partial charge < -0.3 is 10.1 Å². The van der Waals surface area contributed by atoms with Gasteiger partial charge in [-0.05, 0) is 41.0 Å². The first-order valence-corrected chi connectivity index (χ1v) is 9.16. The summed E-state index contributed by atoms with van der Waals surface area (Å²) in [6.07, 6.45) is -2.93. The zero-order valence-corrected chi connectivity index (χ0v) is 15.5. The van der Waals surface area contributed by atoms with Gasteiger partial charge in [0.05, 0.1) is 5.56 Å². The monoisotopic (exact) mass is 417 g/mol. The summed E-state index contributed by atoms with van der Waals surface area (Å²) in [6, 6.07) is 16.8. The molecule has 0 spiro atoms. The van der Waals surface area contributed by atoms with Crippen LogP contribution in [0.25, 0.3) is 16.8 Å². The van der Waals surface area contributed by atoms with Crippen LogP contribution >= 0.6 is 0 Å². The molecule has 7 heteroatoms. The minimum Gasteiger partial charge on any atom is -0.406 e. The lowest BCUT2D eigenvalue weighted by Crippen LogP contribution is -2.16. The van der Waals surface area contributed by atoms with Gasteiger partial charge in [0.25, 0.3) is 0 Å². The molecular weight excluding hydrogens is 401 g/mol. The van der Waals surface area contributed by atoms with E-state index in [1.807, 2.05) is 24.3 Å². The van der Waals surface area contributed by atoms with Gasteiger partial charge in [-0.2, -0.15) is 0 Å². The number of ether oxygens (including phenoxy) is 1. The number of halogens is 5. The van der Waals surface area contributed by atoms with Crippen molar-refractivity contribution in [2.45, 2.75) is 12.3 Å². The Labute approximate surface area is 169 Å². The average molecular weight is 417 g/mol. The van der Waals surface area contributed by atoms with E-state index < -0.39 is 18.0 Å². The second-order valence-electron chi connectivity index (χ2n) is 6.86. The number of hydrogen-bond donors (Lipinski definition) is 1. The smallest absolute Gasteiger partial charge is 0.406 e. The summed E-state index contributed by atoms with van der Waals surface area (Å²) in [5.41, 5.74) is 2.87. The van der Waals surface area contributed by atoms with Crippen molar-refractivity contribution in [2.24, 2.45) is 0 Å². The van der Waals surface area contributed by atoms with Gasteiger partial charge in [-0.1, -0.05) is 48.5 Å². The van der Waals surface area contributed by atoms with Gasteiger partial charge in [0.2, 0.25) is 0 Å². The summed E-state index contributed by atoms with van der Waals surface area (Å²) in [4.78, 5) is 0. The summed E-state index contributed by atoms with van der Waals surface area (Å²) < 4.78 is 68.7. The van der Waals surface area contributed by atoms with Crippen molar-refractivity contribution in [1.82, 2.24) is 5.32 Å². The maximum Gasteiger partial charge on any atom is 0.573 e. The third kappa shape index (κ3) is 4.30. The van der Waals surface area contributed by atoms with Crippen molar-refractivity contribution in [3.63, 3.8) is 0 Å². The Morgan fingerprint density at radius 3 is 1.93 bits per heavy atom. The molecule has 1 aliphatic heterocycles. The van der Waals surface area contributed by atoms with E-state index in [0.717, 1.165) is 16.7 Å². The van der Waals surface area contributed by atoms with Crippen LogP contribution in [0.4, 0.5) is 22.0 Å². The van der Waals surface area contributed by atoms with Crippen molar-refractivity contribution >= 4 is 5.70 Å². The molecule has 3 aromatic rings. The summed E-state index contributed by atoms with van der Waals surface area (Å²) in [6.45, 7) is 0.506. The number of rotatable bonds is 4. The van der Waals surface area contributed by atoms with Crippen LogP contribution in [0.1, 0.15) is 17.0 Å². The van der Waals surface area contributed by atoms with E-state index in [-0.39, 0.29) is 17.2 Å². The highest BCUT2D eigenvalue weighted by atomic mass is 19.4. The molecular formula is C23H16F5NO. The molecule has 3 aromatic carbocycles. The maximum atomic E-state index is 14.0. The first-order chi connectivity index (χ1) is 14.3. The highest BCUT2D eigenvalue weighted by Crippen LogP contribution is 2.32. The molecule has 1 unspecified atom stereocenters. The first-order valence-electron chi connectivity index (χ1n) is 9.16. The molecule has 154 valence electrons. The quantitative estimate of drug-likeness (QED) is 0.506. The third-order valence-electron chi connectivity index (χ3n) is 4.87. The standard InChI is InChI=1S/C23H16F5NO/c24-19-2-1-3-20(25)22(19)21-12-17(13-29-21)16-6-4-14(5-7-16)15-8-10-18(11-9-15)30-23(26,27)28/h1-12,17,29H,13H2. The van der Waals surface area contributed by atoms with Crippen LogP contribution in [0, 0.1) is 11.6 Å². The first kappa shape index (κ1) is 19.9. The van der Waals surface area contributed by atoms with Crippen LogP contribution in [-0.2, 0) is 0 Å². The SMILES string of the molecule is Fc1cccc(F)c1C1=CC(c2ccc(-c3ccc(OC(F)(F)F)cc3)cc2)CN1. The second kappa shape index (κ2) is 7.82. The zero-order valence-electron chi connectivity index (χ0n) is 15.5. The van der Waals surface area contributed by atoms with Gasteiger partial charge in [0.1, 0.15) is 17.4 Å². The predicted molar refractivity (Wildman–Crippen MR) is 104 cm³/mol. The van der Waals surface area contributed by atoms with E-state index in [0.29, 0.717) is 12.2 Å². The van der Waals surface area contributed by atoms with Crippen molar-refractivity contribution in [3.05, 3.63) is 95.6 Å². The summed E-state index contributed by atoms with van der Waals surface area (Å²) >= 11 is 0. The summed E-state index contributed by atoms with van der Waals surface area (Å²) in [5.74, 6) is -1.58. The molecule has 0 amide bonds. The van der Waals surface area contributed by atoms with Gasteiger partial charge in [-0.3, -0.25) is 0 Å². The Bertz CT molecular complexity index is 1050. The van der Waals surface area contributed by atoms with Crippen LogP contribution in [0.2, 0.25) is 0 Å². The highest BCUT2D eigenvalue weighted by molar-refractivity contribution is 5.69. The molecule has 1 N–H and O–H groups in total. The Morgan fingerprint density at radius 2 is 1.37 bits per heavy atom. The molecule has 0 saturated carbocycles. The molecule has 0 aromatic heterocycles. The number of nitrogens with one attached hydrogen (secondary N) is 1. The fraction of sp³-hybridized carbons (Fsp3) is 0.130. The molecule has 1 heterocycles. The van der Waals surface area contributed by atoms with Crippen LogP contribution in [0.5, 0.6) is 5.75 Å². The van der Waals surface area contributed by atoms with Crippen molar-refractivity contribution in [1.29, 1.82) is 0 Å².